The Morgan fingerprint density at radius 1 is 1.41 bits per heavy atom. The molecule has 7 heteroatoms. The van der Waals surface area contributed by atoms with Gasteiger partial charge in [0.1, 0.15) is 6.10 Å². The molecular weight excluding hydrogens is 237 g/mol. The van der Waals surface area contributed by atoms with Crippen molar-refractivity contribution in [3.8, 4) is 0 Å². The molecule has 0 aromatic heterocycles. The molecule has 2 aliphatic rings. The number of carbonyl (C=O) groups is 1. The third-order valence-corrected chi connectivity index (χ3v) is 2.77. The van der Waals surface area contributed by atoms with Gasteiger partial charge >= 0.3 is 6.18 Å². The van der Waals surface area contributed by atoms with E-state index in [0.29, 0.717) is 0 Å². The summed E-state index contributed by atoms with van der Waals surface area (Å²) in [6, 6.07) is 0.198. The highest BCUT2D eigenvalue weighted by Crippen LogP contribution is 2.21. The number of ether oxygens (including phenoxy) is 1. The van der Waals surface area contributed by atoms with Crippen LogP contribution in [0, 0.1) is 0 Å². The van der Waals surface area contributed by atoms with Crippen LogP contribution in [-0.2, 0) is 9.53 Å². The first kappa shape index (κ1) is 12.6. The van der Waals surface area contributed by atoms with Gasteiger partial charge in [-0.3, -0.25) is 9.69 Å². The average molecular weight is 252 g/mol. The summed E-state index contributed by atoms with van der Waals surface area (Å²) in [6.07, 6.45) is -3.10. The maximum atomic E-state index is 12.2. The summed E-state index contributed by atoms with van der Waals surface area (Å²) in [4.78, 5) is 12.8. The quantitative estimate of drug-likeness (QED) is 0.796. The van der Waals surface area contributed by atoms with Crippen LogP contribution in [0.5, 0.6) is 0 Å². The van der Waals surface area contributed by atoms with Crippen LogP contribution < -0.4 is 5.32 Å². The maximum absolute atomic E-state index is 12.2. The van der Waals surface area contributed by atoms with E-state index in [1.54, 1.807) is 0 Å². The number of halogens is 3. The minimum atomic E-state index is -4.23. The van der Waals surface area contributed by atoms with Crippen molar-refractivity contribution in [3.05, 3.63) is 0 Å². The molecule has 0 spiro atoms. The molecule has 2 rings (SSSR count). The first-order valence-electron chi connectivity index (χ1n) is 5.65. The third-order valence-electron chi connectivity index (χ3n) is 2.77. The predicted molar refractivity (Wildman–Crippen MR) is 53.4 cm³/mol. The van der Waals surface area contributed by atoms with Gasteiger partial charge in [0, 0.05) is 19.1 Å². The normalized spacial score (nSPS) is 26.9. The van der Waals surface area contributed by atoms with Crippen LogP contribution in [0.1, 0.15) is 12.8 Å². The van der Waals surface area contributed by atoms with Gasteiger partial charge in [0.2, 0.25) is 0 Å². The van der Waals surface area contributed by atoms with Gasteiger partial charge in [0.05, 0.1) is 13.2 Å². The molecule has 98 valence electrons. The van der Waals surface area contributed by atoms with Crippen LogP contribution in [0.2, 0.25) is 0 Å². The Morgan fingerprint density at radius 2 is 2.12 bits per heavy atom. The minimum Gasteiger partial charge on any atom is -0.366 e. The highest BCUT2D eigenvalue weighted by atomic mass is 19.4. The maximum Gasteiger partial charge on any atom is 0.401 e. The van der Waals surface area contributed by atoms with Crippen molar-refractivity contribution in [1.82, 2.24) is 10.2 Å². The van der Waals surface area contributed by atoms with E-state index in [1.807, 2.05) is 0 Å². The van der Waals surface area contributed by atoms with Gasteiger partial charge < -0.3 is 10.1 Å². The topological polar surface area (TPSA) is 41.6 Å². The second kappa shape index (κ2) is 4.81. The molecule has 4 nitrogen and oxygen atoms in total. The van der Waals surface area contributed by atoms with E-state index in [-0.39, 0.29) is 31.6 Å². The number of hydrogen-bond acceptors (Lipinski definition) is 3. The van der Waals surface area contributed by atoms with Crippen LogP contribution in [-0.4, -0.2) is 55.4 Å². The smallest absolute Gasteiger partial charge is 0.366 e. The van der Waals surface area contributed by atoms with Crippen LogP contribution >= 0.6 is 0 Å². The van der Waals surface area contributed by atoms with E-state index >= 15 is 0 Å². The van der Waals surface area contributed by atoms with E-state index in [9.17, 15) is 18.0 Å². The number of amides is 1. The molecule has 0 radical (unpaired) electrons. The summed E-state index contributed by atoms with van der Waals surface area (Å²) in [5.74, 6) is -0.292. The Labute approximate surface area is 97.1 Å². The highest BCUT2D eigenvalue weighted by Gasteiger charge is 2.36. The fourth-order valence-electron chi connectivity index (χ4n) is 1.78. The van der Waals surface area contributed by atoms with Crippen molar-refractivity contribution in [1.29, 1.82) is 0 Å². The van der Waals surface area contributed by atoms with Gasteiger partial charge in [-0.05, 0) is 12.8 Å². The van der Waals surface area contributed by atoms with Crippen molar-refractivity contribution in [2.75, 3.05) is 26.2 Å². The lowest BCUT2D eigenvalue weighted by Gasteiger charge is -2.32. The van der Waals surface area contributed by atoms with E-state index < -0.39 is 18.8 Å². The van der Waals surface area contributed by atoms with E-state index in [2.05, 4.69) is 5.32 Å². The largest absolute Gasteiger partial charge is 0.401 e. The lowest BCUT2D eigenvalue weighted by atomic mass is 10.2. The Hall–Kier alpha value is -0.820. The number of carbonyl (C=O) groups excluding carboxylic acids is 1. The van der Waals surface area contributed by atoms with Gasteiger partial charge in [-0.25, -0.2) is 0 Å². The highest BCUT2D eigenvalue weighted by molar-refractivity contribution is 5.81. The number of nitrogens with zero attached hydrogens (tertiary/aromatic N) is 1. The molecule has 1 heterocycles. The Balaban J connectivity index is 1.81. The molecular formula is C10H15F3N2O2. The Kier molecular flexibility index (Phi) is 3.58. The Morgan fingerprint density at radius 3 is 2.71 bits per heavy atom. The number of rotatable bonds is 3. The second-order valence-electron chi connectivity index (χ2n) is 4.49. The zero-order valence-corrected chi connectivity index (χ0v) is 9.29. The molecule has 1 saturated carbocycles. The third kappa shape index (κ3) is 4.16. The molecule has 1 amide bonds. The molecule has 0 aromatic carbocycles. The summed E-state index contributed by atoms with van der Waals surface area (Å²) < 4.78 is 41.8. The fraction of sp³-hybridized carbons (Fsp3) is 0.900. The van der Waals surface area contributed by atoms with Gasteiger partial charge in [0.15, 0.2) is 0 Å². The number of alkyl halides is 3. The summed E-state index contributed by atoms with van der Waals surface area (Å²) in [5.41, 5.74) is 0. The second-order valence-corrected chi connectivity index (χ2v) is 4.49. The lowest BCUT2D eigenvalue weighted by molar-refractivity contribution is -0.165. The molecule has 0 bridgehead atoms. The first-order chi connectivity index (χ1) is 7.94. The molecule has 1 aliphatic carbocycles. The monoisotopic (exact) mass is 252 g/mol. The Bertz CT molecular complexity index is 292. The van der Waals surface area contributed by atoms with E-state index in [0.717, 1.165) is 12.8 Å². The molecule has 1 saturated heterocycles. The lowest BCUT2D eigenvalue weighted by Crippen LogP contribution is -2.52. The summed E-state index contributed by atoms with van der Waals surface area (Å²) in [6.45, 7) is -0.590. The van der Waals surface area contributed by atoms with Crippen LogP contribution in [0.15, 0.2) is 0 Å². The number of morpholine rings is 1. The van der Waals surface area contributed by atoms with Crippen LogP contribution in [0.25, 0.3) is 0 Å². The molecule has 1 N–H and O–H groups in total. The number of nitrogens with one attached hydrogen (secondary N) is 1. The molecule has 17 heavy (non-hydrogen) atoms. The minimum absolute atomic E-state index is 0.0120. The van der Waals surface area contributed by atoms with Gasteiger partial charge in [-0.1, -0.05) is 0 Å². The van der Waals surface area contributed by atoms with Crippen LogP contribution in [0.4, 0.5) is 13.2 Å². The van der Waals surface area contributed by atoms with E-state index in [1.165, 1.54) is 4.90 Å². The van der Waals surface area contributed by atoms with Crippen molar-refractivity contribution in [3.63, 3.8) is 0 Å². The van der Waals surface area contributed by atoms with Crippen LogP contribution in [0.3, 0.4) is 0 Å². The van der Waals surface area contributed by atoms with Crippen molar-refractivity contribution < 1.29 is 22.7 Å². The fourth-order valence-corrected chi connectivity index (χ4v) is 1.78. The number of hydrogen-bond donors (Lipinski definition) is 1. The zero-order valence-electron chi connectivity index (χ0n) is 9.29. The molecule has 1 atom stereocenters. The molecule has 1 aliphatic heterocycles. The SMILES string of the molecule is O=C(NC1CC1)C1CN(CC(F)(F)F)CCO1. The summed E-state index contributed by atoms with van der Waals surface area (Å²) >= 11 is 0. The van der Waals surface area contributed by atoms with Crippen molar-refractivity contribution >= 4 is 5.91 Å². The average Bonchev–Trinajstić information content (AvgIpc) is 2.99. The van der Waals surface area contributed by atoms with Gasteiger partial charge in [-0.2, -0.15) is 13.2 Å². The summed E-state index contributed by atoms with van der Waals surface area (Å²) in [5, 5.41) is 2.74. The van der Waals surface area contributed by atoms with Gasteiger partial charge in [0.25, 0.3) is 5.91 Å². The zero-order chi connectivity index (χ0) is 12.5. The summed E-state index contributed by atoms with van der Waals surface area (Å²) in [7, 11) is 0. The molecule has 0 aromatic rings. The predicted octanol–water partition coefficient (Wildman–Crippen LogP) is 0.528. The first-order valence-corrected chi connectivity index (χ1v) is 5.65. The van der Waals surface area contributed by atoms with Crippen molar-refractivity contribution in [2.45, 2.75) is 31.2 Å². The molecule has 2 fully saturated rings. The van der Waals surface area contributed by atoms with Gasteiger partial charge in [-0.15, -0.1) is 0 Å². The standard InChI is InChI=1S/C10H15F3N2O2/c11-10(12,13)6-15-3-4-17-8(5-15)9(16)14-7-1-2-7/h7-8H,1-6H2,(H,14,16). The molecule has 1 unspecified atom stereocenters. The van der Waals surface area contributed by atoms with E-state index in [4.69, 9.17) is 4.74 Å². The van der Waals surface area contributed by atoms with Crippen molar-refractivity contribution in [2.24, 2.45) is 0 Å².